The van der Waals surface area contributed by atoms with Crippen molar-refractivity contribution < 1.29 is 14.8 Å². The number of nitriles is 2. The second-order valence-electron chi connectivity index (χ2n) is 3.92. The average molecular weight is 281 g/mol. The van der Waals surface area contributed by atoms with E-state index in [1.165, 1.54) is 12.1 Å². The van der Waals surface area contributed by atoms with Gasteiger partial charge in [0.1, 0.15) is 12.1 Å². The Bertz CT molecular complexity index is 803. The fraction of sp³-hybridized carbons (Fsp3) is 0. The second-order valence-corrected chi connectivity index (χ2v) is 3.92. The van der Waals surface area contributed by atoms with Crippen molar-refractivity contribution in [2.45, 2.75) is 0 Å². The smallest absolute Gasteiger partial charge is 0.312 e. The molecule has 0 radical (unpaired) electrons. The lowest BCUT2D eigenvalue weighted by molar-refractivity contribution is -0.385. The fourth-order valence-corrected chi connectivity index (χ4v) is 1.64. The summed E-state index contributed by atoms with van der Waals surface area (Å²) < 4.78 is 5.29. The first-order chi connectivity index (χ1) is 10.1. The Labute approximate surface area is 119 Å². The van der Waals surface area contributed by atoms with Gasteiger partial charge in [-0.2, -0.15) is 10.5 Å². The van der Waals surface area contributed by atoms with E-state index < -0.39 is 10.6 Å². The number of phenols is 1. The van der Waals surface area contributed by atoms with Gasteiger partial charge in [-0.3, -0.25) is 10.1 Å². The predicted octanol–water partition coefficient (Wildman–Crippen LogP) is 2.84. The maximum absolute atomic E-state index is 11.0. The molecule has 2 aromatic rings. The Morgan fingerprint density at radius 3 is 2.29 bits per heavy atom. The van der Waals surface area contributed by atoms with Crippen LogP contribution in [0.15, 0.2) is 36.4 Å². The molecular weight excluding hydrogens is 274 g/mol. The zero-order chi connectivity index (χ0) is 15.4. The molecule has 0 spiro atoms. The molecule has 0 aliphatic rings. The van der Waals surface area contributed by atoms with Crippen molar-refractivity contribution in [1.29, 1.82) is 10.5 Å². The van der Waals surface area contributed by atoms with Gasteiger partial charge >= 0.3 is 5.69 Å². The molecule has 0 fully saturated rings. The molecular formula is C14H7N3O4. The van der Waals surface area contributed by atoms with Gasteiger partial charge in [0.2, 0.25) is 5.75 Å². The summed E-state index contributed by atoms with van der Waals surface area (Å²) in [5.41, 5.74) is -0.629. The Morgan fingerprint density at radius 1 is 1.10 bits per heavy atom. The average Bonchev–Trinajstić information content (AvgIpc) is 2.48. The second kappa shape index (κ2) is 5.59. The van der Waals surface area contributed by atoms with Crippen molar-refractivity contribution >= 4 is 5.69 Å². The Morgan fingerprint density at radius 2 is 1.71 bits per heavy atom. The molecule has 7 nitrogen and oxygen atoms in total. The Balaban J connectivity index is 2.58. The Kier molecular flexibility index (Phi) is 3.69. The van der Waals surface area contributed by atoms with Gasteiger partial charge < -0.3 is 9.84 Å². The standard InChI is InChI=1S/C14H7N3O4/c15-7-9-5-11(17(19)20)14(6-10(9)8-16)21-13-4-2-1-3-12(13)18/h1-6,18H. The van der Waals surface area contributed by atoms with Gasteiger partial charge in [0.25, 0.3) is 0 Å². The van der Waals surface area contributed by atoms with Crippen LogP contribution in [-0.4, -0.2) is 10.0 Å². The lowest BCUT2D eigenvalue weighted by atomic mass is 10.1. The highest BCUT2D eigenvalue weighted by atomic mass is 16.6. The minimum absolute atomic E-state index is 0.00852. The number of nitro groups is 1. The third kappa shape index (κ3) is 2.72. The van der Waals surface area contributed by atoms with Crippen molar-refractivity contribution in [3.63, 3.8) is 0 Å². The largest absolute Gasteiger partial charge is 0.504 e. The van der Waals surface area contributed by atoms with Crippen LogP contribution in [0.1, 0.15) is 11.1 Å². The topological polar surface area (TPSA) is 120 Å². The molecule has 0 bridgehead atoms. The van der Waals surface area contributed by atoms with Crippen LogP contribution in [0.2, 0.25) is 0 Å². The molecule has 0 saturated carbocycles. The SMILES string of the molecule is N#Cc1cc(Oc2ccccc2O)c([N+](=O)[O-])cc1C#N. The number of para-hydroxylation sites is 2. The third-order valence-corrected chi connectivity index (χ3v) is 2.62. The van der Waals surface area contributed by atoms with Crippen molar-refractivity contribution in [3.05, 3.63) is 57.6 Å². The van der Waals surface area contributed by atoms with Crippen LogP contribution in [-0.2, 0) is 0 Å². The van der Waals surface area contributed by atoms with Crippen LogP contribution < -0.4 is 4.74 Å². The molecule has 0 unspecified atom stereocenters. The first-order valence-corrected chi connectivity index (χ1v) is 5.65. The number of hydrogen-bond acceptors (Lipinski definition) is 6. The summed E-state index contributed by atoms with van der Waals surface area (Å²) in [5.74, 6) is -0.416. The minimum Gasteiger partial charge on any atom is -0.504 e. The third-order valence-electron chi connectivity index (χ3n) is 2.62. The van der Waals surface area contributed by atoms with Crippen LogP contribution in [0.4, 0.5) is 5.69 Å². The van der Waals surface area contributed by atoms with Gasteiger partial charge in [-0.15, -0.1) is 0 Å². The zero-order valence-electron chi connectivity index (χ0n) is 10.5. The molecule has 102 valence electrons. The van der Waals surface area contributed by atoms with Crippen LogP contribution in [0.25, 0.3) is 0 Å². The van der Waals surface area contributed by atoms with Gasteiger partial charge in [-0.1, -0.05) is 12.1 Å². The summed E-state index contributed by atoms with van der Waals surface area (Å²) >= 11 is 0. The number of nitro benzene ring substituents is 1. The van der Waals surface area contributed by atoms with Gasteiger partial charge in [0.15, 0.2) is 11.5 Å². The normalized spacial score (nSPS) is 9.43. The molecule has 1 N–H and O–H groups in total. The first kappa shape index (κ1) is 13.8. The molecule has 0 aliphatic heterocycles. The molecule has 2 aromatic carbocycles. The van der Waals surface area contributed by atoms with Gasteiger partial charge in [0.05, 0.1) is 16.1 Å². The van der Waals surface area contributed by atoms with Crippen molar-refractivity contribution in [3.8, 4) is 29.4 Å². The van der Waals surface area contributed by atoms with E-state index in [1.807, 2.05) is 0 Å². The molecule has 0 aliphatic carbocycles. The highest BCUT2D eigenvalue weighted by Gasteiger charge is 2.21. The van der Waals surface area contributed by atoms with Crippen LogP contribution in [0.3, 0.4) is 0 Å². The summed E-state index contributed by atoms with van der Waals surface area (Å²) in [5, 5.41) is 38.5. The van der Waals surface area contributed by atoms with Gasteiger partial charge in [-0.25, -0.2) is 0 Å². The molecule has 0 atom stereocenters. The highest BCUT2D eigenvalue weighted by molar-refractivity contribution is 5.60. The molecule has 2 rings (SSSR count). The summed E-state index contributed by atoms with van der Waals surface area (Å²) in [6.07, 6.45) is 0. The van der Waals surface area contributed by atoms with E-state index in [-0.39, 0.29) is 28.4 Å². The predicted molar refractivity (Wildman–Crippen MR) is 70.7 cm³/mol. The highest BCUT2D eigenvalue weighted by Crippen LogP contribution is 2.37. The van der Waals surface area contributed by atoms with Crippen molar-refractivity contribution in [2.75, 3.05) is 0 Å². The maximum atomic E-state index is 11.0. The molecule has 7 heteroatoms. The van der Waals surface area contributed by atoms with Crippen molar-refractivity contribution in [2.24, 2.45) is 0 Å². The quantitative estimate of drug-likeness (QED) is 0.682. The van der Waals surface area contributed by atoms with Gasteiger partial charge in [-0.05, 0) is 12.1 Å². The molecule has 0 amide bonds. The van der Waals surface area contributed by atoms with Crippen LogP contribution >= 0.6 is 0 Å². The zero-order valence-corrected chi connectivity index (χ0v) is 10.5. The summed E-state index contributed by atoms with van der Waals surface area (Å²) in [6.45, 7) is 0. The van der Waals surface area contributed by atoms with E-state index in [9.17, 15) is 15.2 Å². The first-order valence-electron chi connectivity index (χ1n) is 5.65. The van der Waals surface area contributed by atoms with E-state index >= 15 is 0 Å². The number of ether oxygens (including phenoxy) is 1. The number of aromatic hydroxyl groups is 1. The number of phenolic OH excluding ortho intramolecular Hbond substituents is 1. The van der Waals surface area contributed by atoms with E-state index in [1.54, 1.807) is 24.3 Å². The lowest BCUT2D eigenvalue weighted by Crippen LogP contribution is -1.97. The van der Waals surface area contributed by atoms with Crippen molar-refractivity contribution in [1.82, 2.24) is 0 Å². The number of rotatable bonds is 3. The summed E-state index contributed by atoms with van der Waals surface area (Å²) in [4.78, 5) is 10.3. The van der Waals surface area contributed by atoms with Gasteiger partial charge in [0, 0.05) is 12.1 Å². The molecule has 21 heavy (non-hydrogen) atoms. The van der Waals surface area contributed by atoms with E-state index in [0.29, 0.717) is 0 Å². The molecule has 0 saturated heterocycles. The number of benzene rings is 2. The van der Waals surface area contributed by atoms with Crippen LogP contribution in [0, 0.1) is 32.8 Å². The number of hydrogen-bond donors (Lipinski definition) is 1. The Hall–Kier alpha value is -3.58. The number of nitrogens with zero attached hydrogens (tertiary/aromatic N) is 3. The van der Waals surface area contributed by atoms with E-state index in [2.05, 4.69) is 0 Å². The minimum atomic E-state index is -0.725. The summed E-state index contributed by atoms with van der Waals surface area (Å²) in [6, 6.07) is 11.5. The van der Waals surface area contributed by atoms with Crippen LogP contribution in [0.5, 0.6) is 17.2 Å². The van der Waals surface area contributed by atoms with E-state index in [4.69, 9.17) is 15.3 Å². The van der Waals surface area contributed by atoms with E-state index in [0.717, 1.165) is 12.1 Å². The maximum Gasteiger partial charge on any atom is 0.312 e. The molecule has 0 aromatic heterocycles. The monoisotopic (exact) mass is 281 g/mol. The summed E-state index contributed by atoms with van der Waals surface area (Å²) in [7, 11) is 0. The fourth-order valence-electron chi connectivity index (χ4n) is 1.64. The molecule has 0 heterocycles. The lowest BCUT2D eigenvalue weighted by Gasteiger charge is -2.08.